The number of hydrogen-bond acceptors (Lipinski definition) is 2. The summed E-state index contributed by atoms with van der Waals surface area (Å²) in [5, 5.41) is 9.92. The van der Waals surface area contributed by atoms with Crippen LogP contribution in [0.2, 0.25) is 0 Å². The molecule has 0 aliphatic heterocycles. The topological polar surface area (TPSA) is 37.0 Å². The largest absolute Gasteiger partial charge is 0.456 e. The smallest absolute Gasteiger partial charge is 0.136 e. The zero-order valence-electron chi connectivity index (χ0n) is 9.23. The number of nitrogens with one attached hydrogen (secondary N) is 1. The van der Waals surface area contributed by atoms with Gasteiger partial charge in [-0.1, -0.05) is 30.8 Å². The molecule has 0 unspecified atom stereocenters. The maximum absolute atomic E-state index is 7.73. The van der Waals surface area contributed by atoms with E-state index in [0.29, 0.717) is 5.71 Å². The van der Waals surface area contributed by atoms with Crippen molar-refractivity contribution in [2.24, 2.45) is 0 Å². The summed E-state index contributed by atoms with van der Waals surface area (Å²) in [5.74, 6) is 0. The van der Waals surface area contributed by atoms with Crippen molar-refractivity contribution >= 4 is 27.7 Å². The Kier molecular flexibility index (Phi) is 2.08. The molecule has 2 nitrogen and oxygen atoms in total. The highest BCUT2D eigenvalue weighted by Crippen LogP contribution is 2.29. The van der Waals surface area contributed by atoms with Crippen LogP contribution in [0.4, 0.5) is 0 Å². The molecule has 0 bridgehead atoms. The fourth-order valence-electron chi connectivity index (χ4n) is 2.01. The molecular weight excluding hydrogens is 210 g/mol. The van der Waals surface area contributed by atoms with Gasteiger partial charge in [-0.3, -0.25) is 0 Å². The molecule has 0 fully saturated rings. The van der Waals surface area contributed by atoms with Crippen LogP contribution in [-0.2, 0) is 0 Å². The first kappa shape index (κ1) is 9.85. The summed E-state index contributed by atoms with van der Waals surface area (Å²) >= 11 is 0. The molecule has 2 heteroatoms. The standard InChI is InChI=1S/C15H11NO/c1-2-13(16)10-7-8-12-11-5-3-4-6-14(11)17-15(12)9-10/h2-9,16H,1H2. The maximum Gasteiger partial charge on any atom is 0.136 e. The summed E-state index contributed by atoms with van der Waals surface area (Å²) in [6.07, 6.45) is 1.53. The number of fused-ring (bicyclic) bond motifs is 3. The van der Waals surface area contributed by atoms with Crippen LogP contribution >= 0.6 is 0 Å². The molecule has 2 aromatic carbocycles. The van der Waals surface area contributed by atoms with E-state index in [9.17, 15) is 0 Å². The van der Waals surface area contributed by atoms with Gasteiger partial charge in [0, 0.05) is 16.3 Å². The fraction of sp³-hybridized carbons (Fsp3) is 0. The Morgan fingerprint density at radius 1 is 1.06 bits per heavy atom. The SMILES string of the molecule is C=CC(=N)c1ccc2c(c1)oc1ccccc12. The summed E-state index contributed by atoms with van der Waals surface area (Å²) in [4.78, 5) is 0. The van der Waals surface area contributed by atoms with Crippen LogP contribution in [0.1, 0.15) is 5.56 Å². The van der Waals surface area contributed by atoms with Crippen LogP contribution in [-0.4, -0.2) is 5.71 Å². The number of allylic oxidation sites excluding steroid dienone is 1. The van der Waals surface area contributed by atoms with E-state index in [1.807, 2.05) is 42.5 Å². The maximum atomic E-state index is 7.73. The van der Waals surface area contributed by atoms with Gasteiger partial charge in [0.2, 0.25) is 0 Å². The molecule has 0 atom stereocenters. The van der Waals surface area contributed by atoms with Gasteiger partial charge in [0.1, 0.15) is 11.2 Å². The molecule has 0 saturated carbocycles. The van der Waals surface area contributed by atoms with Crippen LogP contribution in [0.3, 0.4) is 0 Å². The van der Waals surface area contributed by atoms with E-state index >= 15 is 0 Å². The lowest BCUT2D eigenvalue weighted by Crippen LogP contribution is -1.92. The van der Waals surface area contributed by atoms with Crippen LogP contribution in [0.15, 0.2) is 59.5 Å². The first-order chi connectivity index (χ1) is 8.29. The lowest BCUT2D eigenvalue weighted by Gasteiger charge is -1.97. The van der Waals surface area contributed by atoms with Crippen molar-refractivity contribution in [1.29, 1.82) is 5.41 Å². The van der Waals surface area contributed by atoms with Gasteiger partial charge < -0.3 is 9.83 Å². The van der Waals surface area contributed by atoms with E-state index in [1.165, 1.54) is 6.08 Å². The average molecular weight is 221 g/mol. The summed E-state index contributed by atoms with van der Waals surface area (Å²) < 4.78 is 5.76. The Morgan fingerprint density at radius 2 is 1.82 bits per heavy atom. The van der Waals surface area contributed by atoms with Crippen LogP contribution in [0.25, 0.3) is 21.9 Å². The minimum absolute atomic E-state index is 0.410. The molecule has 0 spiro atoms. The van der Waals surface area contributed by atoms with Crippen molar-refractivity contribution in [3.63, 3.8) is 0 Å². The highest BCUT2D eigenvalue weighted by Gasteiger charge is 2.07. The normalized spacial score (nSPS) is 10.8. The van der Waals surface area contributed by atoms with Gasteiger partial charge in [0.15, 0.2) is 0 Å². The predicted octanol–water partition coefficient (Wildman–Crippen LogP) is 4.14. The second kappa shape index (κ2) is 3.59. The van der Waals surface area contributed by atoms with Gasteiger partial charge in [-0.25, -0.2) is 0 Å². The highest BCUT2D eigenvalue weighted by molar-refractivity contribution is 6.11. The first-order valence-electron chi connectivity index (χ1n) is 5.42. The third kappa shape index (κ3) is 1.46. The Balaban J connectivity index is 2.34. The molecule has 0 aliphatic carbocycles. The van der Waals surface area contributed by atoms with E-state index in [2.05, 4.69) is 6.58 Å². The number of rotatable bonds is 2. The van der Waals surface area contributed by atoms with Crippen LogP contribution in [0.5, 0.6) is 0 Å². The van der Waals surface area contributed by atoms with Crippen molar-refractivity contribution in [3.05, 3.63) is 60.7 Å². The summed E-state index contributed by atoms with van der Waals surface area (Å²) in [6.45, 7) is 3.60. The lowest BCUT2D eigenvalue weighted by atomic mass is 10.1. The molecule has 0 radical (unpaired) electrons. The van der Waals surface area contributed by atoms with Crippen molar-refractivity contribution in [1.82, 2.24) is 0 Å². The first-order valence-corrected chi connectivity index (χ1v) is 5.42. The fourth-order valence-corrected chi connectivity index (χ4v) is 2.01. The van der Waals surface area contributed by atoms with Gasteiger partial charge in [-0.05, 0) is 24.3 Å². The molecule has 1 aromatic heterocycles. The van der Waals surface area contributed by atoms with E-state index < -0.39 is 0 Å². The number of para-hydroxylation sites is 1. The van der Waals surface area contributed by atoms with E-state index in [4.69, 9.17) is 9.83 Å². The zero-order chi connectivity index (χ0) is 11.8. The van der Waals surface area contributed by atoms with Gasteiger partial charge in [0.25, 0.3) is 0 Å². The molecule has 1 N–H and O–H groups in total. The minimum Gasteiger partial charge on any atom is -0.456 e. The number of furan rings is 1. The van der Waals surface area contributed by atoms with Crippen molar-refractivity contribution in [3.8, 4) is 0 Å². The van der Waals surface area contributed by atoms with Crippen LogP contribution < -0.4 is 0 Å². The summed E-state index contributed by atoms with van der Waals surface area (Å²) in [7, 11) is 0. The van der Waals surface area contributed by atoms with E-state index in [-0.39, 0.29) is 0 Å². The second-order valence-electron chi connectivity index (χ2n) is 3.93. The molecule has 82 valence electrons. The molecule has 1 heterocycles. The van der Waals surface area contributed by atoms with E-state index in [0.717, 1.165) is 27.5 Å². The zero-order valence-corrected chi connectivity index (χ0v) is 9.23. The van der Waals surface area contributed by atoms with E-state index in [1.54, 1.807) is 0 Å². The van der Waals surface area contributed by atoms with Crippen molar-refractivity contribution in [2.45, 2.75) is 0 Å². The number of benzene rings is 2. The average Bonchev–Trinajstić information content (AvgIpc) is 2.75. The Hall–Kier alpha value is -2.35. The van der Waals surface area contributed by atoms with Gasteiger partial charge >= 0.3 is 0 Å². The molecule has 17 heavy (non-hydrogen) atoms. The quantitative estimate of drug-likeness (QED) is 0.649. The van der Waals surface area contributed by atoms with Gasteiger partial charge in [0.05, 0.1) is 5.71 Å². The molecule has 0 saturated heterocycles. The monoisotopic (exact) mass is 221 g/mol. The van der Waals surface area contributed by atoms with Crippen molar-refractivity contribution < 1.29 is 4.42 Å². The Labute approximate surface area is 98.7 Å². The predicted molar refractivity (Wildman–Crippen MR) is 70.7 cm³/mol. The molecule has 0 aliphatic rings. The third-order valence-electron chi connectivity index (χ3n) is 2.89. The molecule has 0 amide bonds. The minimum atomic E-state index is 0.410. The highest BCUT2D eigenvalue weighted by atomic mass is 16.3. The third-order valence-corrected chi connectivity index (χ3v) is 2.89. The second-order valence-corrected chi connectivity index (χ2v) is 3.93. The van der Waals surface area contributed by atoms with Gasteiger partial charge in [-0.15, -0.1) is 0 Å². The summed E-state index contributed by atoms with van der Waals surface area (Å²) in [5.41, 5.74) is 2.93. The molecular formula is C15H11NO. The van der Waals surface area contributed by atoms with Crippen molar-refractivity contribution in [2.75, 3.05) is 0 Å². The molecule has 3 rings (SSSR count). The molecule has 3 aromatic rings. The summed E-state index contributed by atoms with van der Waals surface area (Å²) in [6, 6.07) is 13.8. The van der Waals surface area contributed by atoms with Crippen LogP contribution in [0, 0.1) is 5.41 Å². The Morgan fingerprint density at radius 3 is 2.65 bits per heavy atom. The Bertz CT molecular complexity index is 737. The lowest BCUT2D eigenvalue weighted by molar-refractivity contribution is 0.669. The number of hydrogen-bond donors (Lipinski definition) is 1. The van der Waals surface area contributed by atoms with Gasteiger partial charge in [-0.2, -0.15) is 0 Å².